The molecule has 0 spiro atoms. The maximum absolute atomic E-state index is 11.1. The molecular formula is C20H20ClN5O3S. The van der Waals surface area contributed by atoms with E-state index in [4.69, 9.17) is 21.4 Å². The van der Waals surface area contributed by atoms with Crippen molar-refractivity contribution in [2.45, 2.75) is 31.3 Å². The average Bonchev–Trinajstić information content (AvgIpc) is 3.15. The van der Waals surface area contributed by atoms with Crippen molar-refractivity contribution in [1.82, 2.24) is 24.4 Å². The molecule has 1 aliphatic rings. The molecule has 3 heterocycles. The van der Waals surface area contributed by atoms with Gasteiger partial charge in [0.25, 0.3) is 0 Å². The van der Waals surface area contributed by atoms with Crippen LogP contribution < -0.4 is 4.74 Å². The maximum atomic E-state index is 11.1. The molecule has 1 aliphatic carbocycles. The van der Waals surface area contributed by atoms with Crippen molar-refractivity contribution in [3.63, 3.8) is 0 Å². The van der Waals surface area contributed by atoms with Crippen molar-refractivity contribution in [1.29, 1.82) is 0 Å². The van der Waals surface area contributed by atoms with Crippen LogP contribution in [0, 0.1) is 0 Å². The lowest BCUT2D eigenvalue weighted by Gasteiger charge is -2.10. The lowest BCUT2D eigenvalue weighted by molar-refractivity contribution is 0.208. The van der Waals surface area contributed by atoms with Crippen molar-refractivity contribution >= 4 is 27.8 Å². The molecule has 0 unspecified atom stereocenters. The van der Waals surface area contributed by atoms with Gasteiger partial charge in [0.2, 0.25) is 0 Å². The number of thiazole rings is 1. The molecule has 0 saturated heterocycles. The molecule has 8 nitrogen and oxygen atoms in total. The van der Waals surface area contributed by atoms with Gasteiger partial charge in [-0.2, -0.15) is 0 Å². The second kappa shape index (κ2) is 7.99. The molecule has 3 aromatic heterocycles. The second-order valence-electron chi connectivity index (χ2n) is 7.26. The predicted octanol–water partition coefficient (Wildman–Crippen LogP) is 3.35. The minimum absolute atomic E-state index is 0.0672. The van der Waals surface area contributed by atoms with Gasteiger partial charge in [-0.25, -0.2) is 9.67 Å². The summed E-state index contributed by atoms with van der Waals surface area (Å²) in [7, 11) is 0. The summed E-state index contributed by atoms with van der Waals surface area (Å²) in [5.41, 5.74) is 2.00. The summed E-state index contributed by atoms with van der Waals surface area (Å²) < 4.78 is 9.07. The molecule has 1 aromatic carbocycles. The zero-order valence-electron chi connectivity index (χ0n) is 16.0. The number of nitrogens with zero attached hydrogens (tertiary/aromatic N) is 5. The van der Waals surface area contributed by atoms with Crippen molar-refractivity contribution < 1.29 is 14.9 Å². The fourth-order valence-electron chi connectivity index (χ4n) is 3.39. The molecule has 2 N–H and O–H groups in total. The van der Waals surface area contributed by atoms with Crippen LogP contribution in [0.25, 0.3) is 10.5 Å². The average molecular weight is 446 g/mol. The number of halogens is 1. The summed E-state index contributed by atoms with van der Waals surface area (Å²) in [5.74, 6) is 1.05. The highest BCUT2D eigenvalue weighted by Crippen LogP contribution is 2.47. The van der Waals surface area contributed by atoms with Gasteiger partial charge in [0.15, 0.2) is 0 Å². The van der Waals surface area contributed by atoms with Crippen LogP contribution in [0.15, 0.2) is 36.9 Å². The van der Waals surface area contributed by atoms with Gasteiger partial charge in [-0.05, 0) is 37.0 Å². The Morgan fingerprint density at radius 3 is 2.97 bits per heavy atom. The third-order valence-electron chi connectivity index (χ3n) is 5.07. The Hall–Kier alpha value is -2.46. The highest BCUT2D eigenvalue weighted by Gasteiger charge is 2.33. The summed E-state index contributed by atoms with van der Waals surface area (Å²) in [6.45, 7) is 0.458. The molecule has 1 atom stereocenters. The summed E-state index contributed by atoms with van der Waals surface area (Å²) in [5, 5.41) is 28.8. The standard InChI is InChI=1S/C20H20ClN5O3S/c21-14-8-13(4-5-16(14)29-7-1-6-27)26-10-15(23-24-26)19(28)18-20(12-2-3-12)30-17-9-22-11-25(17)18/h4-5,8-12,19,27-28H,1-3,6-7H2/t19-/m0/s1. The fourth-order valence-corrected chi connectivity index (χ4v) is 4.92. The van der Waals surface area contributed by atoms with Gasteiger partial charge >= 0.3 is 0 Å². The molecule has 4 aromatic rings. The molecule has 156 valence electrons. The number of benzene rings is 1. The zero-order valence-corrected chi connectivity index (χ0v) is 17.6. The summed E-state index contributed by atoms with van der Waals surface area (Å²) in [4.78, 5) is 6.41. The van der Waals surface area contributed by atoms with Crippen LogP contribution >= 0.6 is 22.9 Å². The molecule has 0 bridgehead atoms. The normalized spacial score (nSPS) is 15.0. The van der Waals surface area contributed by atoms with Crippen molar-refractivity contribution in [2.24, 2.45) is 0 Å². The third-order valence-corrected chi connectivity index (χ3v) is 6.64. The zero-order chi connectivity index (χ0) is 20.7. The van der Waals surface area contributed by atoms with E-state index in [1.54, 1.807) is 40.7 Å². The quantitative estimate of drug-likeness (QED) is 0.404. The third kappa shape index (κ3) is 3.58. The van der Waals surface area contributed by atoms with Crippen LogP contribution in [-0.2, 0) is 0 Å². The predicted molar refractivity (Wildman–Crippen MR) is 113 cm³/mol. The van der Waals surface area contributed by atoms with Gasteiger partial charge in [0, 0.05) is 17.9 Å². The highest BCUT2D eigenvalue weighted by molar-refractivity contribution is 7.17. The number of aliphatic hydroxyl groups is 2. The lowest BCUT2D eigenvalue weighted by atomic mass is 10.1. The number of hydrogen-bond donors (Lipinski definition) is 2. The Morgan fingerprint density at radius 2 is 2.20 bits per heavy atom. The van der Waals surface area contributed by atoms with Gasteiger partial charge in [0.05, 0.1) is 35.4 Å². The molecule has 1 saturated carbocycles. The molecule has 30 heavy (non-hydrogen) atoms. The fraction of sp³-hybridized carbons (Fsp3) is 0.350. The Balaban J connectivity index is 1.41. The maximum Gasteiger partial charge on any atom is 0.141 e. The monoisotopic (exact) mass is 445 g/mol. The first-order valence-electron chi connectivity index (χ1n) is 9.74. The molecule has 0 radical (unpaired) electrons. The van der Waals surface area contributed by atoms with E-state index < -0.39 is 6.10 Å². The van der Waals surface area contributed by atoms with Crippen LogP contribution in [-0.4, -0.2) is 47.8 Å². The Kier molecular flexibility index (Phi) is 5.20. The Morgan fingerprint density at radius 1 is 1.33 bits per heavy atom. The SMILES string of the molecule is OCCCOc1ccc(-n2cc([C@H](O)c3c(C4CC4)sc4cncn34)nn2)cc1Cl. The first-order chi connectivity index (χ1) is 14.7. The van der Waals surface area contributed by atoms with E-state index in [0.717, 1.165) is 23.4 Å². The van der Waals surface area contributed by atoms with Crippen LogP contribution in [0.5, 0.6) is 5.75 Å². The molecule has 0 aliphatic heterocycles. The van der Waals surface area contributed by atoms with E-state index >= 15 is 0 Å². The van der Waals surface area contributed by atoms with E-state index in [1.165, 1.54) is 4.88 Å². The summed E-state index contributed by atoms with van der Waals surface area (Å²) in [6.07, 6.45) is 7.20. The summed E-state index contributed by atoms with van der Waals surface area (Å²) >= 11 is 7.99. The molecule has 5 rings (SSSR count). The van der Waals surface area contributed by atoms with Gasteiger partial charge in [-0.15, -0.1) is 16.4 Å². The van der Waals surface area contributed by atoms with Crippen LogP contribution in [0.3, 0.4) is 0 Å². The minimum Gasteiger partial charge on any atom is -0.492 e. The smallest absolute Gasteiger partial charge is 0.141 e. The van der Waals surface area contributed by atoms with Crippen LogP contribution in [0.4, 0.5) is 0 Å². The molecular weight excluding hydrogens is 426 g/mol. The van der Waals surface area contributed by atoms with Gasteiger partial charge < -0.3 is 14.9 Å². The van der Waals surface area contributed by atoms with E-state index in [1.807, 2.05) is 16.7 Å². The topological polar surface area (TPSA) is 97.7 Å². The Bertz CT molecular complexity index is 1180. The molecule has 10 heteroatoms. The number of fused-ring (bicyclic) bond motifs is 1. The number of hydrogen-bond acceptors (Lipinski definition) is 7. The van der Waals surface area contributed by atoms with E-state index in [-0.39, 0.29) is 6.61 Å². The second-order valence-corrected chi connectivity index (χ2v) is 8.73. The van der Waals surface area contributed by atoms with Crippen molar-refractivity contribution in [3.05, 3.63) is 58.2 Å². The number of imidazole rings is 1. The highest BCUT2D eigenvalue weighted by atomic mass is 35.5. The molecule has 0 amide bonds. The van der Waals surface area contributed by atoms with Crippen molar-refractivity contribution in [3.8, 4) is 11.4 Å². The first-order valence-corrected chi connectivity index (χ1v) is 10.9. The van der Waals surface area contributed by atoms with Crippen LogP contribution in [0.2, 0.25) is 5.02 Å². The first kappa shape index (κ1) is 19.5. The Labute approximate surface area is 181 Å². The van der Waals surface area contributed by atoms with E-state index in [0.29, 0.717) is 41.1 Å². The largest absolute Gasteiger partial charge is 0.492 e. The number of ether oxygens (including phenoxy) is 1. The van der Waals surface area contributed by atoms with E-state index in [9.17, 15) is 5.11 Å². The number of aromatic nitrogens is 5. The van der Waals surface area contributed by atoms with Gasteiger partial charge in [0.1, 0.15) is 28.7 Å². The van der Waals surface area contributed by atoms with E-state index in [2.05, 4.69) is 15.3 Å². The van der Waals surface area contributed by atoms with Gasteiger partial charge in [-0.3, -0.25) is 4.40 Å². The lowest BCUT2D eigenvalue weighted by Crippen LogP contribution is -2.06. The minimum atomic E-state index is -0.895. The number of rotatable bonds is 8. The van der Waals surface area contributed by atoms with Crippen molar-refractivity contribution in [2.75, 3.05) is 13.2 Å². The molecule has 1 fully saturated rings. The van der Waals surface area contributed by atoms with Crippen LogP contribution in [0.1, 0.15) is 47.5 Å². The number of aliphatic hydroxyl groups excluding tert-OH is 2. The van der Waals surface area contributed by atoms with Gasteiger partial charge in [-0.1, -0.05) is 16.8 Å². The summed E-state index contributed by atoms with van der Waals surface area (Å²) in [6, 6.07) is 5.31.